The second kappa shape index (κ2) is 12.8. The Kier molecular flexibility index (Phi) is 5.94. The summed E-state index contributed by atoms with van der Waals surface area (Å²) < 4.78 is 62.6. The zero-order chi connectivity index (χ0) is 43.4. The molecule has 58 heavy (non-hydrogen) atoms. The van der Waals surface area contributed by atoms with Crippen LogP contribution in [0.1, 0.15) is 8.22 Å². The van der Waals surface area contributed by atoms with Crippen molar-refractivity contribution < 1.29 is 12.6 Å². The van der Waals surface area contributed by atoms with E-state index in [1.807, 2.05) is 115 Å². The summed E-state index contributed by atoms with van der Waals surface area (Å²) in [5.74, 6) is 1.19. The third kappa shape index (κ3) is 5.00. The molecule has 0 spiro atoms. The molecule has 0 saturated carbocycles. The molecule has 0 saturated heterocycles. The second-order valence-corrected chi connectivity index (χ2v) is 14.3. The van der Waals surface area contributed by atoms with Gasteiger partial charge < -0.3 is 8.98 Å². The number of benzene rings is 9. The minimum atomic E-state index is -0.199. The summed E-state index contributed by atoms with van der Waals surface area (Å²) in [5.41, 5.74) is 5.99. The van der Waals surface area contributed by atoms with Crippen molar-refractivity contribution in [1.29, 1.82) is 0 Å². The van der Waals surface area contributed by atoms with Crippen LogP contribution in [0.25, 0.3) is 116 Å². The fourth-order valence-electron chi connectivity index (χ4n) is 8.38. The second-order valence-electron chi connectivity index (χ2n) is 14.3. The van der Waals surface area contributed by atoms with Crippen molar-refractivity contribution in [1.82, 2.24) is 19.5 Å². The summed E-state index contributed by atoms with van der Waals surface area (Å²) in [6, 6.07) is 49.7. The highest BCUT2D eigenvalue weighted by Gasteiger charge is 2.22. The van der Waals surface area contributed by atoms with Gasteiger partial charge in [0.05, 0.1) is 24.9 Å². The fourth-order valence-corrected chi connectivity index (χ4v) is 8.38. The molecule has 0 aliphatic carbocycles. The number of nitrogens with zero attached hydrogens (tertiary/aromatic N) is 4. The van der Waals surface area contributed by atoms with Crippen molar-refractivity contribution in [3.63, 3.8) is 0 Å². The van der Waals surface area contributed by atoms with Crippen LogP contribution in [0, 0.1) is 0 Å². The van der Waals surface area contributed by atoms with Gasteiger partial charge in [-0.15, -0.1) is 0 Å². The summed E-state index contributed by atoms with van der Waals surface area (Å²) in [7, 11) is 0. The third-order valence-electron chi connectivity index (χ3n) is 11.0. The molecule has 0 fully saturated rings. The van der Waals surface area contributed by atoms with Crippen molar-refractivity contribution >= 4 is 65.3 Å². The van der Waals surface area contributed by atoms with Gasteiger partial charge in [0.1, 0.15) is 11.2 Å². The van der Waals surface area contributed by atoms with Gasteiger partial charge in [-0.3, -0.25) is 0 Å². The summed E-state index contributed by atoms with van der Waals surface area (Å²) in [5, 5.41) is 6.38. The Labute approximate surface area is 341 Å². The van der Waals surface area contributed by atoms with Crippen LogP contribution >= 0.6 is 0 Å². The first-order valence-electron chi connectivity index (χ1n) is 22.0. The van der Waals surface area contributed by atoms with Crippen molar-refractivity contribution in [2.75, 3.05) is 0 Å². The molecular weight excluding hydrogens is 709 g/mol. The predicted molar refractivity (Wildman–Crippen MR) is 238 cm³/mol. The lowest BCUT2D eigenvalue weighted by Crippen LogP contribution is -2.04. The van der Waals surface area contributed by atoms with Crippen LogP contribution in [0.4, 0.5) is 0 Å². The first-order chi connectivity index (χ1) is 31.2. The smallest absolute Gasteiger partial charge is 0.166 e. The largest absolute Gasteiger partial charge is 0.455 e. The van der Waals surface area contributed by atoms with E-state index in [1.165, 1.54) is 12.1 Å². The lowest BCUT2D eigenvalue weighted by atomic mass is 9.96. The van der Waals surface area contributed by atoms with Gasteiger partial charge in [-0.1, -0.05) is 158 Å². The van der Waals surface area contributed by atoms with Gasteiger partial charge in [-0.2, -0.15) is 0 Å². The van der Waals surface area contributed by atoms with E-state index in [0.29, 0.717) is 34.3 Å². The standard InChI is InChI=1S/C53H32N4O/c1-2-15-33(16-3-1)51-54-52(56-53(55-51)45-31-34-17-4-5-18-36(34)38-19-6-7-20-39(38)45)44-30-29-35(37-24-14-25-43-42-23-10-13-28-49(42)58-50(37)43)32-48(44)57-46-26-11-8-21-40(46)41-22-9-12-27-47(41)57/h1-32H/i8D,9D,21D,22D,26D,27D. The molecule has 0 radical (unpaired) electrons. The Morgan fingerprint density at radius 3 is 1.84 bits per heavy atom. The van der Waals surface area contributed by atoms with E-state index in [-0.39, 0.29) is 58.1 Å². The summed E-state index contributed by atoms with van der Waals surface area (Å²) in [6.45, 7) is 0. The molecule has 12 rings (SSSR count). The molecule has 5 heteroatoms. The number of para-hydroxylation sites is 4. The molecule has 0 atom stereocenters. The highest BCUT2D eigenvalue weighted by Crippen LogP contribution is 2.42. The lowest BCUT2D eigenvalue weighted by molar-refractivity contribution is 0.670. The van der Waals surface area contributed by atoms with Crippen LogP contribution in [-0.4, -0.2) is 19.5 Å². The maximum Gasteiger partial charge on any atom is 0.166 e. The highest BCUT2D eigenvalue weighted by molar-refractivity contribution is 6.14. The minimum Gasteiger partial charge on any atom is -0.455 e. The Hall–Kier alpha value is -7.89. The van der Waals surface area contributed by atoms with Crippen molar-refractivity contribution in [2.45, 2.75) is 0 Å². The maximum atomic E-state index is 9.37. The topological polar surface area (TPSA) is 56.7 Å². The van der Waals surface area contributed by atoms with E-state index < -0.39 is 0 Å². The van der Waals surface area contributed by atoms with Gasteiger partial charge in [0, 0.05) is 43.8 Å². The number of hydrogen-bond donors (Lipinski definition) is 0. The predicted octanol–water partition coefficient (Wildman–Crippen LogP) is 13.8. The van der Waals surface area contributed by atoms with Crippen molar-refractivity contribution in [2.24, 2.45) is 0 Å². The average molecular weight is 747 g/mol. The molecule has 5 nitrogen and oxygen atoms in total. The number of hydrogen-bond acceptors (Lipinski definition) is 4. The average Bonchev–Trinajstić information content (AvgIpc) is 3.90. The van der Waals surface area contributed by atoms with Gasteiger partial charge in [-0.25, -0.2) is 15.0 Å². The van der Waals surface area contributed by atoms with Gasteiger partial charge in [0.2, 0.25) is 0 Å². The van der Waals surface area contributed by atoms with Crippen LogP contribution in [0.3, 0.4) is 0 Å². The van der Waals surface area contributed by atoms with Crippen LogP contribution in [0.15, 0.2) is 198 Å². The van der Waals surface area contributed by atoms with E-state index in [2.05, 4.69) is 30.3 Å². The Morgan fingerprint density at radius 1 is 0.414 bits per heavy atom. The minimum absolute atomic E-state index is 0.0720. The van der Waals surface area contributed by atoms with Crippen molar-refractivity contribution in [3.05, 3.63) is 194 Å². The fraction of sp³-hybridized carbons (Fsp3) is 0. The number of rotatable bonds is 5. The number of furan rings is 1. The summed E-state index contributed by atoms with van der Waals surface area (Å²) in [6.07, 6.45) is 0. The Balaban J connectivity index is 1.22. The molecule has 3 heterocycles. The molecule has 12 aromatic rings. The maximum absolute atomic E-state index is 9.37. The van der Waals surface area contributed by atoms with Crippen LogP contribution in [-0.2, 0) is 0 Å². The van der Waals surface area contributed by atoms with E-state index in [4.69, 9.17) is 24.9 Å². The van der Waals surface area contributed by atoms with E-state index in [0.717, 1.165) is 60.2 Å². The molecule has 270 valence electrons. The zero-order valence-corrected chi connectivity index (χ0v) is 30.7. The van der Waals surface area contributed by atoms with Crippen molar-refractivity contribution in [3.8, 4) is 51.0 Å². The van der Waals surface area contributed by atoms with Gasteiger partial charge in [-0.05, 0) is 63.5 Å². The lowest BCUT2D eigenvalue weighted by Gasteiger charge is -2.17. The van der Waals surface area contributed by atoms with Crippen LogP contribution < -0.4 is 0 Å². The summed E-state index contributed by atoms with van der Waals surface area (Å²) in [4.78, 5) is 15.6. The molecule has 0 N–H and O–H groups in total. The Morgan fingerprint density at radius 2 is 1.05 bits per heavy atom. The molecule has 0 amide bonds. The van der Waals surface area contributed by atoms with E-state index >= 15 is 0 Å². The quantitative estimate of drug-likeness (QED) is 0.165. The third-order valence-corrected chi connectivity index (χ3v) is 11.0. The molecule has 0 aliphatic rings. The first-order valence-corrected chi connectivity index (χ1v) is 19.0. The number of aromatic nitrogens is 4. The van der Waals surface area contributed by atoms with Crippen LogP contribution in [0.5, 0.6) is 0 Å². The summed E-state index contributed by atoms with van der Waals surface area (Å²) >= 11 is 0. The normalized spacial score (nSPS) is 13.2. The molecule has 0 aliphatic heterocycles. The molecule has 9 aromatic carbocycles. The molecule has 0 unspecified atom stereocenters. The van der Waals surface area contributed by atoms with Gasteiger partial charge >= 0.3 is 0 Å². The molecule has 3 aromatic heterocycles. The zero-order valence-electron chi connectivity index (χ0n) is 36.7. The molecule has 0 bridgehead atoms. The molecular formula is C53H32N4O. The monoisotopic (exact) mass is 746 g/mol. The van der Waals surface area contributed by atoms with Gasteiger partial charge in [0.25, 0.3) is 0 Å². The SMILES string of the molecule is [2H]c1cc([2H])c2c(c1[2H])c1c([2H])c([2H])cc([2H])c1n2-c1cc(-c2cccc3c2oc2ccccc23)ccc1-c1nc(-c2ccccc2)nc(-c2cc3ccccc3c3ccccc23)n1. The highest BCUT2D eigenvalue weighted by atomic mass is 16.3. The first kappa shape index (κ1) is 26.8. The van der Waals surface area contributed by atoms with E-state index in [1.54, 1.807) is 4.57 Å². The van der Waals surface area contributed by atoms with Gasteiger partial charge in [0.15, 0.2) is 17.5 Å². The number of fused-ring (bicyclic) bond motifs is 9. The Bertz CT molecular complexity index is 3870. The van der Waals surface area contributed by atoms with Crippen LogP contribution in [0.2, 0.25) is 0 Å². The van der Waals surface area contributed by atoms with E-state index in [9.17, 15) is 2.74 Å².